The van der Waals surface area contributed by atoms with Crippen molar-refractivity contribution in [2.75, 3.05) is 39.3 Å². The number of aryl methyl sites for hydroxylation is 2. The van der Waals surface area contributed by atoms with Crippen LogP contribution >= 0.6 is 11.3 Å². The number of thiazole rings is 1. The van der Waals surface area contributed by atoms with Gasteiger partial charge in [0, 0.05) is 50.4 Å². The van der Waals surface area contributed by atoms with Crippen LogP contribution in [0.4, 0.5) is 0 Å². The van der Waals surface area contributed by atoms with Gasteiger partial charge < -0.3 is 10.0 Å². The molecular weight excluding hydrogens is 410 g/mol. The maximum Gasteiger partial charge on any atom is 0.266 e. The lowest BCUT2D eigenvalue weighted by atomic mass is 10.0. The number of nitrogens with zero attached hydrogens (tertiary/aromatic N) is 5. The number of amides is 1. The predicted molar refractivity (Wildman–Crippen MR) is 122 cm³/mol. The minimum atomic E-state index is 0.0379. The largest absolute Gasteiger partial charge is 0.395 e. The first-order chi connectivity index (χ1) is 15.0. The Hall–Kier alpha value is -2.55. The van der Waals surface area contributed by atoms with E-state index in [1.807, 2.05) is 29.5 Å². The van der Waals surface area contributed by atoms with Gasteiger partial charge in [-0.1, -0.05) is 41.7 Å². The van der Waals surface area contributed by atoms with Crippen LogP contribution in [0.1, 0.15) is 37.9 Å². The molecule has 0 radical (unpaired) electrons. The smallest absolute Gasteiger partial charge is 0.266 e. The van der Waals surface area contributed by atoms with Gasteiger partial charge in [-0.15, -0.1) is 0 Å². The fraction of sp³-hybridized carbons (Fsp3) is 0.435. The Morgan fingerprint density at radius 2 is 1.77 bits per heavy atom. The highest BCUT2D eigenvalue weighted by Crippen LogP contribution is 2.27. The molecule has 0 spiro atoms. The molecule has 1 saturated heterocycles. The van der Waals surface area contributed by atoms with Gasteiger partial charge in [0.15, 0.2) is 0 Å². The van der Waals surface area contributed by atoms with E-state index >= 15 is 0 Å². The number of aliphatic hydroxyl groups excluding tert-OH is 1. The van der Waals surface area contributed by atoms with Crippen LogP contribution in [-0.2, 0) is 6.42 Å². The summed E-state index contributed by atoms with van der Waals surface area (Å²) in [7, 11) is 0. The summed E-state index contributed by atoms with van der Waals surface area (Å²) in [6, 6.07) is 10.4. The van der Waals surface area contributed by atoms with Crippen molar-refractivity contribution in [1.82, 2.24) is 24.6 Å². The molecule has 31 heavy (non-hydrogen) atoms. The van der Waals surface area contributed by atoms with Crippen LogP contribution in [0.25, 0.3) is 5.13 Å². The van der Waals surface area contributed by atoms with Crippen LogP contribution < -0.4 is 0 Å². The first-order valence-electron chi connectivity index (χ1n) is 10.7. The molecule has 4 rings (SSSR count). The van der Waals surface area contributed by atoms with Crippen molar-refractivity contribution in [1.29, 1.82) is 0 Å². The number of hydrogen-bond acceptors (Lipinski definition) is 6. The van der Waals surface area contributed by atoms with Crippen molar-refractivity contribution < 1.29 is 9.90 Å². The van der Waals surface area contributed by atoms with E-state index in [0.29, 0.717) is 24.5 Å². The van der Waals surface area contributed by atoms with Crippen molar-refractivity contribution in [3.8, 4) is 5.13 Å². The van der Waals surface area contributed by atoms with Gasteiger partial charge in [0.05, 0.1) is 18.0 Å². The highest BCUT2D eigenvalue weighted by Gasteiger charge is 2.26. The quantitative estimate of drug-likeness (QED) is 0.639. The maximum absolute atomic E-state index is 13.1. The Labute approximate surface area is 186 Å². The van der Waals surface area contributed by atoms with E-state index in [1.165, 1.54) is 22.5 Å². The number of rotatable bonds is 6. The van der Waals surface area contributed by atoms with E-state index in [2.05, 4.69) is 36.1 Å². The number of piperazine rings is 1. The molecule has 1 N–H and O–H groups in total. The zero-order valence-electron chi connectivity index (χ0n) is 18.3. The van der Waals surface area contributed by atoms with E-state index in [-0.39, 0.29) is 12.5 Å². The molecule has 8 heteroatoms. The minimum Gasteiger partial charge on any atom is -0.395 e. The summed E-state index contributed by atoms with van der Waals surface area (Å²) in [6.45, 7) is 9.73. The minimum absolute atomic E-state index is 0.0379. The van der Waals surface area contributed by atoms with Gasteiger partial charge in [0.2, 0.25) is 5.13 Å². The number of carbonyl (C=O) groups is 1. The average Bonchev–Trinajstić information content (AvgIpc) is 3.29. The number of hydrogen-bond donors (Lipinski definition) is 1. The molecule has 1 fully saturated rings. The van der Waals surface area contributed by atoms with Crippen molar-refractivity contribution in [2.45, 2.75) is 27.2 Å². The molecule has 3 heterocycles. The zero-order valence-corrected chi connectivity index (χ0v) is 19.2. The Bertz CT molecular complexity index is 1050. The van der Waals surface area contributed by atoms with E-state index in [0.717, 1.165) is 41.7 Å². The summed E-state index contributed by atoms with van der Waals surface area (Å²) in [5.74, 6) is 0.0379. The molecule has 0 bridgehead atoms. The molecule has 1 aromatic carbocycles. The molecule has 1 aliphatic rings. The Kier molecular flexibility index (Phi) is 6.50. The first kappa shape index (κ1) is 21.7. The molecule has 0 aliphatic carbocycles. The first-order valence-corrected chi connectivity index (χ1v) is 11.5. The summed E-state index contributed by atoms with van der Waals surface area (Å²) in [5.41, 5.74) is 5.25. The van der Waals surface area contributed by atoms with E-state index in [4.69, 9.17) is 15.2 Å². The lowest BCUT2D eigenvalue weighted by molar-refractivity contribution is 0.0618. The molecule has 3 aromatic rings. The Balaban J connectivity index is 1.54. The number of aromatic nitrogens is 3. The van der Waals surface area contributed by atoms with Gasteiger partial charge in [-0.2, -0.15) is 5.10 Å². The maximum atomic E-state index is 13.1. The fourth-order valence-electron chi connectivity index (χ4n) is 4.05. The van der Waals surface area contributed by atoms with Gasteiger partial charge in [0.25, 0.3) is 5.91 Å². The van der Waals surface area contributed by atoms with Crippen LogP contribution in [0.15, 0.2) is 30.3 Å². The highest BCUT2D eigenvalue weighted by molar-refractivity contribution is 7.16. The molecule has 1 amide bonds. The summed E-state index contributed by atoms with van der Waals surface area (Å²) in [6.07, 6.45) is 0.826. The predicted octanol–water partition coefficient (Wildman–Crippen LogP) is 2.59. The van der Waals surface area contributed by atoms with E-state index in [1.54, 1.807) is 0 Å². The molecule has 2 aromatic heterocycles. The normalized spacial score (nSPS) is 14.9. The second-order valence-electron chi connectivity index (χ2n) is 7.99. The van der Waals surface area contributed by atoms with Crippen molar-refractivity contribution in [2.24, 2.45) is 0 Å². The topological polar surface area (TPSA) is 74.5 Å². The number of benzene rings is 1. The summed E-state index contributed by atoms with van der Waals surface area (Å²) < 4.78 is 1.88. The Morgan fingerprint density at radius 3 is 2.45 bits per heavy atom. The van der Waals surface area contributed by atoms with E-state index in [9.17, 15) is 4.79 Å². The number of β-amino-alcohol motifs (C(OH)–C–C–N with tert-alkyl or cyclic N) is 1. The molecule has 164 valence electrons. The van der Waals surface area contributed by atoms with Crippen LogP contribution in [0.2, 0.25) is 0 Å². The second kappa shape index (κ2) is 9.30. The molecule has 7 nitrogen and oxygen atoms in total. The molecule has 0 atom stereocenters. The molecule has 0 unspecified atom stereocenters. The van der Waals surface area contributed by atoms with E-state index < -0.39 is 0 Å². The third-order valence-electron chi connectivity index (χ3n) is 5.90. The summed E-state index contributed by atoms with van der Waals surface area (Å²) in [5, 5.41) is 14.6. The second-order valence-corrected chi connectivity index (χ2v) is 8.97. The summed E-state index contributed by atoms with van der Waals surface area (Å²) in [4.78, 5) is 22.6. The van der Waals surface area contributed by atoms with Crippen LogP contribution in [-0.4, -0.2) is 74.9 Å². The van der Waals surface area contributed by atoms with Gasteiger partial charge in [-0.3, -0.25) is 9.69 Å². The Morgan fingerprint density at radius 1 is 1.06 bits per heavy atom. The van der Waals surface area contributed by atoms with Gasteiger partial charge in [0.1, 0.15) is 4.88 Å². The third-order valence-corrected chi connectivity index (χ3v) is 7.02. The van der Waals surface area contributed by atoms with Gasteiger partial charge in [-0.05, 0) is 26.3 Å². The monoisotopic (exact) mass is 439 g/mol. The molecular formula is C23H29N5O2S. The van der Waals surface area contributed by atoms with Crippen molar-refractivity contribution in [3.63, 3.8) is 0 Å². The lowest BCUT2D eigenvalue weighted by Gasteiger charge is -2.34. The highest BCUT2D eigenvalue weighted by atomic mass is 32.1. The van der Waals surface area contributed by atoms with Crippen LogP contribution in [0.5, 0.6) is 0 Å². The van der Waals surface area contributed by atoms with Crippen molar-refractivity contribution >= 4 is 17.2 Å². The zero-order chi connectivity index (χ0) is 22.0. The summed E-state index contributed by atoms with van der Waals surface area (Å²) >= 11 is 1.41. The van der Waals surface area contributed by atoms with Crippen LogP contribution in [0.3, 0.4) is 0 Å². The number of aliphatic hydroxyl groups is 1. The average molecular weight is 440 g/mol. The van der Waals surface area contributed by atoms with Gasteiger partial charge in [-0.25, -0.2) is 9.67 Å². The van der Waals surface area contributed by atoms with Gasteiger partial charge >= 0.3 is 0 Å². The molecule has 0 saturated carbocycles. The van der Waals surface area contributed by atoms with Crippen LogP contribution in [0, 0.1) is 20.8 Å². The third kappa shape index (κ3) is 4.56. The SMILES string of the molecule is Cc1nc(-n2nc(C)c(Cc3ccccc3)c2C)sc1C(=O)N1CCN(CCO)CC1. The lowest BCUT2D eigenvalue weighted by Crippen LogP contribution is -2.49. The number of carbonyl (C=O) groups excluding carboxylic acids is 1. The van der Waals surface area contributed by atoms with Crippen molar-refractivity contribution in [3.05, 3.63) is 63.4 Å². The fourth-order valence-corrected chi connectivity index (χ4v) is 5.09. The molecule has 1 aliphatic heterocycles. The standard InChI is InChI=1S/C23H29N5O2S/c1-16-20(15-19-7-5-4-6-8-19)18(3)28(25-16)23-24-17(2)21(31-23)22(30)27-11-9-26(10-12-27)13-14-29/h4-8,29H,9-15H2,1-3H3.